The van der Waals surface area contributed by atoms with E-state index in [1.807, 2.05) is 0 Å². The molecule has 0 aromatic heterocycles. The van der Waals surface area contributed by atoms with Crippen LogP contribution in [0.15, 0.2) is 0 Å². The lowest BCUT2D eigenvalue weighted by atomic mass is 9.84. The van der Waals surface area contributed by atoms with E-state index >= 15 is 0 Å². The molecule has 0 radical (unpaired) electrons. The minimum absolute atomic E-state index is 0.305. The Morgan fingerprint density at radius 3 is 2.28 bits per heavy atom. The van der Waals surface area contributed by atoms with Crippen LogP contribution in [0.5, 0.6) is 0 Å². The van der Waals surface area contributed by atoms with E-state index in [9.17, 15) is 0 Å². The molecule has 0 aromatic rings. The van der Waals surface area contributed by atoms with Gasteiger partial charge in [0.2, 0.25) is 0 Å². The van der Waals surface area contributed by atoms with Crippen molar-refractivity contribution in [1.82, 2.24) is 4.90 Å². The smallest absolute Gasteiger partial charge is 0.0362 e. The predicted octanol–water partition coefficient (Wildman–Crippen LogP) is 3.79. The van der Waals surface area contributed by atoms with Gasteiger partial charge in [0.05, 0.1) is 0 Å². The molecule has 1 aliphatic carbocycles. The minimum atomic E-state index is 0.305. The highest BCUT2D eigenvalue weighted by molar-refractivity contribution is 5.04. The standard InChI is InChI=1S/C16H34N2/c1-5-8-12-18(14(4)7-3)16(13-17,11-6-2)15-9-10-15/h14-15H,5-13,17H2,1-4H3. The zero-order valence-corrected chi connectivity index (χ0v) is 13.0. The number of hydrogen-bond acceptors (Lipinski definition) is 2. The van der Waals surface area contributed by atoms with Crippen LogP contribution in [0.4, 0.5) is 0 Å². The lowest BCUT2D eigenvalue weighted by Crippen LogP contribution is -2.59. The van der Waals surface area contributed by atoms with Gasteiger partial charge in [-0.2, -0.15) is 0 Å². The molecule has 0 amide bonds. The third-order valence-corrected chi connectivity index (χ3v) is 4.82. The summed E-state index contributed by atoms with van der Waals surface area (Å²) in [4.78, 5) is 2.78. The molecule has 0 aliphatic heterocycles. The molecule has 0 saturated heterocycles. The predicted molar refractivity (Wildman–Crippen MR) is 80.8 cm³/mol. The molecule has 1 saturated carbocycles. The fourth-order valence-corrected chi connectivity index (χ4v) is 3.45. The first-order chi connectivity index (χ1) is 8.66. The fraction of sp³-hybridized carbons (Fsp3) is 1.00. The van der Waals surface area contributed by atoms with Crippen LogP contribution < -0.4 is 5.73 Å². The summed E-state index contributed by atoms with van der Waals surface area (Å²) in [6.07, 6.45) is 9.16. The molecule has 0 bridgehead atoms. The van der Waals surface area contributed by atoms with Crippen molar-refractivity contribution >= 4 is 0 Å². The van der Waals surface area contributed by atoms with Crippen LogP contribution in [0.1, 0.15) is 72.6 Å². The quantitative estimate of drug-likeness (QED) is 0.642. The largest absolute Gasteiger partial charge is 0.329 e. The van der Waals surface area contributed by atoms with Crippen molar-refractivity contribution in [3.05, 3.63) is 0 Å². The second-order valence-corrected chi connectivity index (χ2v) is 6.14. The molecule has 0 heterocycles. The number of rotatable bonds is 10. The summed E-state index contributed by atoms with van der Waals surface area (Å²) >= 11 is 0. The molecular weight excluding hydrogens is 220 g/mol. The van der Waals surface area contributed by atoms with E-state index in [0.717, 1.165) is 12.5 Å². The summed E-state index contributed by atoms with van der Waals surface area (Å²) in [5.74, 6) is 0.869. The van der Waals surface area contributed by atoms with Crippen LogP contribution in [0, 0.1) is 5.92 Å². The molecule has 2 atom stereocenters. The summed E-state index contributed by atoms with van der Waals surface area (Å²) < 4.78 is 0. The van der Waals surface area contributed by atoms with Crippen LogP contribution in [-0.2, 0) is 0 Å². The van der Waals surface area contributed by atoms with Gasteiger partial charge in [-0.15, -0.1) is 0 Å². The Morgan fingerprint density at radius 1 is 1.22 bits per heavy atom. The van der Waals surface area contributed by atoms with Crippen LogP contribution in [0.2, 0.25) is 0 Å². The molecular formula is C16H34N2. The number of nitrogens with two attached hydrogens (primary N) is 1. The maximum absolute atomic E-state index is 6.26. The van der Waals surface area contributed by atoms with Crippen molar-refractivity contribution in [2.75, 3.05) is 13.1 Å². The van der Waals surface area contributed by atoms with Crippen molar-refractivity contribution in [1.29, 1.82) is 0 Å². The van der Waals surface area contributed by atoms with Gasteiger partial charge in [-0.05, 0) is 51.5 Å². The van der Waals surface area contributed by atoms with Crippen molar-refractivity contribution in [2.45, 2.75) is 84.2 Å². The van der Waals surface area contributed by atoms with Gasteiger partial charge < -0.3 is 5.73 Å². The first kappa shape index (κ1) is 16.0. The van der Waals surface area contributed by atoms with Gasteiger partial charge >= 0.3 is 0 Å². The maximum atomic E-state index is 6.26. The molecule has 2 unspecified atom stereocenters. The summed E-state index contributed by atoms with van der Waals surface area (Å²) in [6, 6.07) is 0.673. The van der Waals surface area contributed by atoms with Gasteiger partial charge in [-0.25, -0.2) is 0 Å². The Kier molecular flexibility index (Phi) is 6.65. The van der Waals surface area contributed by atoms with Crippen molar-refractivity contribution in [3.8, 4) is 0 Å². The van der Waals surface area contributed by atoms with E-state index < -0.39 is 0 Å². The van der Waals surface area contributed by atoms with Crippen LogP contribution in [-0.4, -0.2) is 29.6 Å². The van der Waals surface area contributed by atoms with Gasteiger partial charge in [0, 0.05) is 18.1 Å². The highest BCUT2D eigenvalue weighted by Crippen LogP contribution is 2.46. The summed E-state index contributed by atoms with van der Waals surface area (Å²) in [5.41, 5.74) is 6.56. The monoisotopic (exact) mass is 254 g/mol. The van der Waals surface area contributed by atoms with Gasteiger partial charge in [-0.1, -0.05) is 33.6 Å². The van der Waals surface area contributed by atoms with E-state index in [4.69, 9.17) is 5.73 Å². The second kappa shape index (κ2) is 7.49. The fourth-order valence-electron chi connectivity index (χ4n) is 3.45. The highest BCUT2D eigenvalue weighted by atomic mass is 15.2. The zero-order valence-electron chi connectivity index (χ0n) is 13.0. The molecule has 2 heteroatoms. The molecule has 2 N–H and O–H groups in total. The van der Waals surface area contributed by atoms with E-state index in [-0.39, 0.29) is 0 Å². The van der Waals surface area contributed by atoms with Gasteiger partial charge in [0.15, 0.2) is 0 Å². The van der Waals surface area contributed by atoms with Crippen molar-refractivity contribution in [2.24, 2.45) is 11.7 Å². The van der Waals surface area contributed by atoms with Gasteiger partial charge in [-0.3, -0.25) is 4.90 Å². The molecule has 0 spiro atoms. The van der Waals surface area contributed by atoms with E-state index in [0.29, 0.717) is 11.6 Å². The Balaban J connectivity index is 2.87. The molecule has 18 heavy (non-hydrogen) atoms. The maximum Gasteiger partial charge on any atom is 0.0362 e. The summed E-state index contributed by atoms with van der Waals surface area (Å²) in [7, 11) is 0. The SMILES string of the molecule is CCCCN(C(C)CC)C(CN)(CCC)C1CC1. The van der Waals surface area contributed by atoms with Crippen molar-refractivity contribution in [3.63, 3.8) is 0 Å². The Bertz CT molecular complexity index is 225. The topological polar surface area (TPSA) is 29.3 Å². The second-order valence-electron chi connectivity index (χ2n) is 6.14. The summed E-state index contributed by atoms with van der Waals surface area (Å²) in [6.45, 7) is 11.4. The van der Waals surface area contributed by atoms with E-state index in [1.54, 1.807) is 0 Å². The molecule has 1 aliphatic rings. The van der Waals surface area contributed by atoms with Crippen LogP contribution in [0.25, 0.3) is 0 Å². The van der Waals surface area contributed by atoms with E-state index in [1.165, 1.54) is 51.5 Å². The Labute approximate surface area is 114 Å². The first-order valence-corrected chi connectivity index (χ1v) is 8.13. The normalized spacial score (nSPS) is 21.0. The van der Waals surface area contributed by atoms with E-state index in [2.05, 4.69) is 32.6 Å². The Morgan fingerprint density at radius 2 is 1.89 bits per heavy atom. The van der Waals surface area contributed by atoms with Crippen molar-refractivity contribution < 1.29 is 0 Å². The number of unbranched alkanes of at least 4 members (excludes halogenated alkanes) is 1. The van der Waals surface area contributed by atoms with Gasteiger partial charge in [0.25, 0.3) is 0 Å². The Hall–Kier alpha value is -0.0800. The molecule has 108 valence electrons. The van der Waals surface area contributed by atoms with Crippen LogP contribution >= 0.6 is 0 Å². The lowest BCUT2D eigenvalue weighted by molar-refractivity contribution is 0.0253. The lowest BCUT2D eigenvalue weighted by Gasteiger charge is -2.47. The van der Waals surface area contributed by atoms with Crippen LogP contribution in [0.3, 0.4) is 0 Å². The molecule has 1 rings (SSSR count). The average Bonchev–Trinajstić information content (AvgIpc) is 3.21. The summed E-state index contributed by atoms with van der Waals surface area (Å²) in [5, 5.41) is 0. The van der Waals surface area contributed by atoms with Gasteiger partial charge in [0.1, 0.15) is 0 Å². The third kappa shape index (κ3) is 3.48. The highest BCUT2D eigenvalue weighted by Gasteiger charge is 2.48. The molecule has 2 nitrogen and oxygen atoms in total. The molecule has 1 fully saturated rings. The number of nitrogens with zero attached hydrogens (tertiary/aromatic N) is 1. The average molecular weight is 254 g/mol. The zero-order chi connectivity index (χ0) is 13.6. The third-order valence-electron chi connectivity index (χ3n) is 4.82. The minimum Gasteiger partial charge on any atom is -0.329 e. The molecule has 0 aromatic carbocycles. The number of hydrogen-bond donors (Lipinski definition) is 1. The first-order valence-electron chi connectivity index (χ1n) is 8.13.